The van der Waals surface area contributed by atoms with Crippen molar-refractivity contribution in [2.24, 2.45) is 0 Å². The van der Waals surface area contributed by atoms with Gasteiger partial charge in [0.2, 0.25) is 11.1 Å². The van der Waals surface area contributed by atoms with Crippen LogP contribution in [-0.4, -0.2) is 31.9 Å². The van der Waals surface area contributed by atoms with Crippen LogP contribution in [0, 0.1) is 0 Å². The van der Waals surface area contributed by atoms with Gasteiger partial charge in [-0.25, -0.2) is 4.68 Å². The van der Waals surface area contributed by atoms with Gasteiger partial charge >= 0.3 is 0 Å². The van der Waals surface area contributed by atoms with Gasteiger partial charge in [0.15, 0.2) is 0 Å². The predicted molar refractivity (Wildman–Crippen MR) is 86.9 cm³/mol. The van der Waals surface area contributed by atoms with Crippen molar-refractivity contribution in [1.29, 1.82) is 0 Å². The Kier molecular flexibility index (Phi) is 5.79. The normalized spacial score (nSPS) is 12.4. The lowest BCUT2D eigenvalue weighted by atomic mass is 10.1. The zero-order valence-corrected chi connectivity index (χ0v) is 14.2. The van der Waals surface area contributed by atoms with E-state index in [9.17, 15) is 4.79 Å². The first kappa shape index (κ1) is 16.8. The van der Waals surface area contributed by atoms with Crippen molar-refractivity contribution in [3.8, 4) is 0 Å². The van der Waals surface area contributed by atoms with Gasteiger partial charge in [-0.2, -0.15) is 0 Å². The Bertz CT molecular complexity index is 628. The fourth-order valence-electron chi connectivity index (χ4n) is 1.85. The summed E-state index contributed by atoms with van der Waals surface area (Å²) in [5.41, 5.74) is 1.01. The molecule has 22 heavy (non-hydrogen) atoms. The van der Waals surface area contributed by atoms with Crippen molar-refractivity contribution in [2.45, 2.75) is 38.0 Å². The summed E-state index contributed by atoms with van der Waals surface area (Å²) in [4.78, 5) is 12.0. The van der Waals surface area contributed by atoms with Gasteiger partial charge in [-0.15, -0.1) is 5.10 Å². The summed E-state index contributed by atoms with van der Waals surface area (Å²) < 4.78 is 1.70. The first-order valence-electron chi connectivity index (χ1n) is 6.93. The molecule has 1 N–H and O–H groups in total. The summed E-state index contributed by atoms with van der Waals surface area (Å²) in [6.07, 6.45) is 0. The van der Waals surface area contributed by atoms with Gasteiger partial charge < -0.3 is 5.32 Å². The second-order valence-corrected chi connectivity index (χ2v) is 6.51. The van der Waals surface area contributed by atoms with E-state index < -0.39 is 0 Å². The number of rotatable bonds is 6. The molecule has 1 aromatic carbocycles. The second-order valence-electron chi connectivity index (χ2n) is 5.13. The van der Waals surface area contributed by atoms with Crippen LogP contribution in [0.1, 0.15) is 38.4 Å². The fraction of sp³-hybridized carbons (Fsp3) is 0.429. The molecule has 0 bridgehead atoms. The molecule has 1 aromatic heterocycles. The maximum absolute atomic E-state index is 12.0. The monoisotopic (exact) mass is 339 g/mol. The number of carbonyl (C=O) groups is 1. The molecular formula is C14H18ClN5OS. The Balaban J connectivity index is 1.87. The number of nitrogens with zero attached hydrogens (tertiary/aromatic N) is 4. The van der Waals surface area contributed by atoms with Crippen LogP contribution in [-0.2, 0) is 4.79 Å². The van der Waals surface area contributed by atoms with Crippen LogP contribution in [0.4, 0.5) is 0 Å². The average Bonchev–Trinajstić information content (AvgIpc) is 2.94. The molecule has 0 aliphatic carbocycles. The van der Waals surface area contributed by atoms with E-state index in [2.05, 4.69) is 20.8 Å². The summed E-state index contributed by atoms with van der Waals surface area (Å²) in [5, 5.41) is 15.7. The summed E-state index contributed by atoms with van der Waals surface area (Å²) in [6.45, 7) is 5.91. The quantitative estimate of drug-likeness (QED) is 0.819. The van der Waals surface area contributed by atoms with E-state index in [1.54, 1.807) is 4.68 Å². The van der Waals surface area contributed by atoms with Crippen LogP contribution in [0.3, 0.4) is 0 Å². The van der Waals surface area contributed by atoms with Gasteiger partial charge in [-0.1, -0.05) is 35.5 Å². The maximum atomic E-state index is 12.0. The standard InChI is InChI=1S/C14H18ClN5OS/c1-9(2)20-14(17-18-19-20)22-8-13(21)16-10(3)11-4-6-12(15)7-5-11/h4-7,9-10H,8H2,1-3H3,(H,16,21). The van der Waals surface area contributed by atoms with E-state index in [1.807, 2.05) is 45.0 Å². The third-order valence-electron chi connectivity index (χ3n) is 3.03. The van der Waals surface area contributed by atoms with E-state index >= 15 is 0 Å². The molecular weight excluding hydrogens is 322 g/mol. The second kappa shape index (κ2) is 7.60. The highest BCUT2D eigenvalue weighted by Gasteiger charge is 2.14. The molecule has 1 unspecified atom stereocenters. The zero-order valence-electron chi connectivity index (χ0n) is 12.7. The molecule has 0 aliphatic rings. The topological polar surface area (TPSA) is 72.7 Å². The minimum absolute atomic E-state index is 0.0641. The first-order valence-corrected chi connectivity index (χ1v) is 8.29. The number of aromatic nitrogens is 4. The molecule has 1 heterocycles. The van der Waals surface area contributed by atoms with Crippen LogP contribution in [0.2, 0.25) is 5.02 Å². The van der Waals surface area contributed by atoms with Crippen LogP contribution < -0.4 is 5.32 Å². The van der Waals surface area contributed by atoms with Gasteiger partial charge in [0.1, 0.15) is 0 Å². The molecule has 2 aromatic rings. The van der Waals surface area contributed by atoms with Crippen molar-refractivity contribution >= 4 is 29.3 Å². The highest BCUT2D eigenvalue weighted by molar-refractivity contribution is 7.99. The third kappa shape index (κ3) is 4.45. The largest absolute Gasteiger partial charge is 0.349 e. The van der Waals surface area contributed by atoms with Crippen LogP contribution in [0.25, 0.3) is 0 Å². The van der Waals surface area contributed by atoms with Gasteiger partial charge in [-0.05, 0) is 48.9 Å². The van der Waals surface area contributed by atoms with E-state index in [0.717, 1.165) is 5.56 Å². The van der Waals surface area contributed by atoms with Gasteiger partial charge in [-0.3, -0.25) is 4.79 Å². The molecule has 0 saturated heterocycles. The van der Waals surface area contributed by atoms with Crippen molar-refractivity contribution in [1.82, 2.24) is 25.5 Å². The van der Waals surface area contributed by atoms with Gasteiger partial charge in [0.05, 0.1) is 17.8 Å². The lowest BCUT2D eigenvalue weighted by Gasteiger charge is -2.14. The Morgan fingerprint density at radius 3 is 2.64 bits per heavy atom. The summed E-state index contributed by atoms with van der Waals surface area (Å²) in [5.74, 6) is 0.205. The van der Waals surface area contributed by atoms with Crippen molar-refractivity contribution in [3.63, 3.8) is 0 Å². The molecule has 0 radical (unpaired) electrons. The number of nitrogens with one attached hydrogen (secondary N) is 1. The Morgan fingerprint density at radius 1 is 1.32 bits per heavy atom. The number of amides is 1. The average molecular weight is 340 g/mol. The lowest BCUT2D eigenvalue weighted by Crippen LogP contribution is -2.28. The molecule has 0 saturated carbocycles. The molecule has 1 amide bonds. The number of benzene rings is 1. The highest BCUT2D eigenvalue weighted by Crippen LogP contribution is 2.19. The van der Waals surface area contributed by atoms with Crippen molar-refractivity contribution in [3.05, 3.63) is 34.9 Å². The molecule has 2 rings (SSSR count). The number of tetrazole rings is 1. The summed E-state index contributed by atoms with van der Waals surface area (Å²) in [7, 11) is 0. The van der Waals surface area contributed by atoms with E-state index in [4.69, 9.17) is 11.6 Å². The Hall–Kier alpha value is -1.60. The minimum atomic E-state index is -0.0774. The summed E-state index contributed by atoms with van der Waals surface area (Å²) >= 11 is 7.18. The van der Waals surface area contributed by atoms with Gasteiger partial charge in [0, 0.05) is 5.02 Å². The molecule has 0 fully saturated rings. The number of hydrogen-bond donors (Lipinski definition) is 1. The van der Waals surface area contributed by atoms with E-state index in [1.165, 1.54) is 11.8 Å². The number of halogens is 1. The van der Waals surface area contributed by atoms with Crippen LogP contribution in [0.15, 0.2) is 29.4 Å². The van der Waals surface area contributed by atoms with Crippen molar-refractivity contribution in [2.75, 3.05) is 5.75 Å². The first-order chi connectivity index (χ1) is 10.5. The molecule has 0 spiro atoms. The number of hydrogen-bond acceptors (Lipinski definition) is 5. The molecule has 1 atom stereocenters. The lowest BCUT2D eigenvalue weighted by molar-refractivity contribution is -0.119. The van der Waals surface area contributed by atoms with Crippen molar-refractivity contribution < 1.29 is 4.79 Å². The predicted octanol–water partition coefficient (Wildman–Crippen LogP) is 2.88. The Morgan fingerprint density at radius 2 is 2.00 bits per heavy atom. The maximum Gasteiger partial charge on any atom is 0.230 e. The zero-order chi connectivity index (χ0) is 16.1. The van der Waals surface area contributed by atoms with Crippen LogP contribution >= 0.6 is 23.4 Å². The third-order valence-corrected chi connectivity index (χ3v) is 4.22. The van der Waals surface area contributed by atoms with Gasteiger partial charge in [0.25, 0.3) is 0 Å². The molecule has 118 valence electrons. The highest BCUT2D eigenvalue weighted by atomic mass is 35.5. The number of carbonyl (C=O) groups excluding carboxylic acids is 1. The van der Waals surface area contributed by atoms with E-state index in [0.29, 0.717) is 10.2 Å². The minimum Gasteiger partial charge on any atom is -0.349 e. The summed E-state index contributed by atoms with van der Waals surface area (Å²) in [6, 6.07) is 7.51. The molecule has 8 heteroatoms. The van der Waals surface area contributed by atoms with Crippen LogP contribution in [0.5, 0.6) is 0 Å². The SMILES string of the molecule is CC(NC(=O)CSc1nnnn1C(C)C)c1ccc(Cl)cc1. The van der Waals surface area contributed by atoms with E-state index in [-0.39, 0.29) is 23.7 Å². The fourth-order valence-corrected chi connectivity index (χ4v) is 2.80. The Labute approximate surface area is 138 Å². The smallest absolute Gasteiger partial charge is 0.230 e. The number of thioether (sulfide) groups is 1. The molecule has 0 aliphatic heterocycles. The molecule has 6 nitrogen and oxygen atoms in total.